The van der Waals surface area contributed by atoms with Crippen molar-refractivity contribution in [2.24, 2.45) is 0 Å². The molecule has 0 unspecified atom stereocenters. The number of carbonyl (C=O) groups excluding carboxylic acids is 1. The molecule has 0 saturated carbocycles. The van der Waals surface area contributed by atoms with Gasteiger partial charge in [-0.2, -0.15) is 0 Å². The van der Waals surface area contributed by atoms with Gasteiger partial charge in [-0.3, -0.25) is 9.78 Å². The molecule has 0 aliphatic carbocycles. The Bertz CT molecular complexity index is 308. The average molecular weight is 192 g/mol. The molecule has 5 nitrogen and oxygen atoms in total. The van der Waals surface area contributed by atoms with Crippen LogP contribution in [-0.2, 0) is 4.79 Å². The molecule has 2 N–H and O–H groups in total. The fourth-order valence-corrected chi connectivity index (χ4v) is 1.49. The Balaban J connectivity index is 1.94. The molecule has 2 rings (SSSR count). The van der Waals surface area contributed by atoms with Gasteiger partial charge < -0.3 is 10.6 Å². The van der Waals surface area contributed by atoms with Crippen LogP contribution in [0, 0.1) is 0 Å². The molecular weight excluding hydrogens is 180 g/mol. The van der Waals surface area contributed by atoms with E-state index in [4.69, 9.17) is 0 Å². The topological polar surface area (TPSA) is 66.9 Å². The average Bonchev–Trinajstić information content (AvgIpc) is 2.72. The van der Waals surface area contributed by atoms with E-state index in [1.807, 2.05) is 0 Å². The van der Waals surface area contributed by atoms with Crippen LogP contribution in [0.1, 0.15) is 12.8 Å². The lowest BCUT2D eigenvalue weighted by molar-refractivity contribution is -0.117. The van der Waals surface area contributed by atoms with Gasteiger partial charge >= 0.3 is 0 Å². The third-order valence-corrected chi connectivity index (χ3v) is 2.19. The maximum atomic E-state index is 11.6. The molecule has 1 saturated heterocycles. The van der Waals surface area contributed by atoms with Gasteiger partial charge in [0.1, 0.15) is 0 Å². The zero-order chi connectivity index (χ0) is 9.80. The fourth-order valence-electron chi connectivity index (χ4n) is 1.49. The van der Waals surface area contributed by atoms with Gasteiger partial charge in [-0.05, 0) is 19.4 Å². The van der Waals surface area contributed by atoms with Gasteiger partial charge in [0, 0.05) is 12.4 Å². The second-order valence-electron chi connectivity index (χ2n) is 3.23. The van der Waals surface area contributed by atoms with E-state index >= 15 is 0 Å². The first-order valence-electron chi connectivity index (χ1n) is 4.66. The third-order valence-electron chi connectivity index (χ3n) is 2.19. The Morgan fingerprint density at radius 3 is 3.14 bits per heavy atom. The number of hydrogen-bond donors (Lipinski definition) is 2. The summed E-state index contributed by atoms with van der Waals surface area (Å²) in [5.74, 6) is 0.481. The Labute approximate surface area is 82.0 Å². The van der Waals surface area contributed by atoms with Crippen LogP contribution in [0.3, 0.4) is 0 Å². The normalized spacial score (nSPS) is 20.7. The van der Waals surface area contributed by atoms with E-state index in [0.717, 1.165) is 19.4 Å². The first-order valence-corrected chi connectivity index (χ1v) is 4.66. The molecular formula is C9H12N4O. The number of aromatic nitrogens is 2. The number of rotatable bonds is 2. The Hall–Kier alpha value is -1.49. The molecule has 0 aromatic carbocycles. The van der Waals surface area contributed by atoms with Gasteiger partial charge in [0.2, 0.25) is 5.91 Å². The molecule has 1 aliphatic rings. The molecule has 5 heteroatoms. The zero-order valence-electron chi connectivity index (χ0n) is 7.73. The van der Waals surface area contributed by atoms with Crippen molar-refractivity contribution in [1.82, 2.24) is 15.3 Å². The predicted molar refractivity (Wildman–Crippen MR) is 51.7 cm³/mol. The van der Waals surface area contributed by atoms with Crippen LogP contribution < -0.4 is 10.6 Å². The van der Waals surface area contributed by atoms with Gasteiger partial charge in [0.15, 0.2) is 5.82 Å². The number of anilines is 1. The molecule has 74 valence electrons. The molecule has 0 bridgehead atoms. The summed E-state index contributed by atoms with van der Waals surface area (Å²) in [5, 5.41) is 5.83. The molecule has 1 atom stereocenters. The van der Waals surface area contributed by atoms with Crippen LogP contribution in [0.5, 0.6) is 0 Å². The highest BCUT2D eigenvalue weighted by Gasteiger charge is 2.21. The summed E-state index contributed by atoms with van der Waals surface area (Å²) in [6.07, 6.45) is 6.61. The highest BCUT2D eigenvalue weighted by Crippen LogP contribution is 2.07. The third kappa shape index (κ3) is 2.05. The zero-order valence-corrected chi connectivity index (χ0v) is 7.73. The second-order valence-corrected chi connectivity index (χ2v) is 3.23. The van der Waals surface area contributed by atoms with Crippen LogP contribution >= 0.6 is 0 Å². The summed E-state index contributed by atoms with van der Waals surface area (Å²) < 4.78 is 0. The van der Waals surface area contributed by atoms with Crippen molar-refractivity contribution in [1.29, 1.82) is 0 Å². The molecule has 14 heavy (non-hydrogen) atoms. The van der Waals surface area contributed by atoms with E-state index in [-0.39, 0.29) is 11.9 Å². The molecule has 1 aromatic heterocycles. The summed E-state index contributed by atoms with van der Waals surface area (Å²) in [6.45, 7) is 0.915. The predicted octanol–water partition coefficient (Wildman–Crippen LogP) is 0.167. The van der Waals surface area contributed by atoms with E-state index in [1.165, 1.54) is 6.20 Å². The highest BCUT2D eigenvalue weighted by molar-refractivity contribution is 5.94. The van der Waals surface area contributed by atoms with Crippen LogP contribution in [0.2, 0.25) is 0 Å². The fraction of sp³-hybridized carbons (Fsp3) is 0.444. The quantitative estimate of drug-likeness (QED) is 0.700. The lowest BCUT2D eigenvalue weighted by Crippen LogP contribution is -2.35. The minimum absolute atomic E-state index is 0.0250. The maximum Gasteiger partial charge on any atom is 0.242 e. The molecule has 1 aromatic rings. The molecule has 2 heterocycles. The lowest BCUT2D eigenvalue weighted by atomic mass is 10.2. The maximum absolute atomic E-state index is 11.6. The molecule has 0 radical (unpaired) electrons. The minimum atomic E-state index is -0.0722. The van der Waals surface area contributed by atoms with Gasteiger partial charge in [-0.1, -0.05) is 0 Å². The van der Waals surface area contributed by atoms with Crippen molar-refractivity contribution in [2.75, 3.05) is 11.9 Å². The van der Waals surface area contributed by atoms with E-state index < -0.39 is 0 Å². The molecule has 1 amide bonds. The van der Waals surface area contributed by atoms with E-state index in [1.54, 1.807) is 12.4 Å². The van der Waals surface area contributed by atoms with Gasteiger partial charge in [0.05, 0.1) is 12.2 Å². The van der Waals surface area contributed by atoms with Crippen LogP contribution in [0.25, 0.3) is 0 Å². The number of nitrogens with one attached hydrogen (secondary N) is 2. The highest BCUT2D eigenvalue weighted by atomic mass is 16.2. The lowest BCUT2D eigenvalue weighted by Gasteiger charge is -2.09. The molecule has 1 fully saturated rings. The summed E-state index contributed by atoms with van der Waals surface area (Å²) >= 11 is 0. The summed E-state index contributed by atoms with van der Waals surface area (Å²) in [7, 11) is 0. The standard InChI is InChI=1S/C9H12N4O/c14-9(7-2-1-3-11-7)13-8-6-10-4-5-12-8/h4-7,11H,1-3H2,(H,12,13,14)/t7-/m1/s1. The first-order chi connectivity index (χ1) is 6.86. The van der Waals surface area contributed by atoms with Gasteiger partial charge in [0.25, 0.3) is 0 Å². The van der Waals surface area contributed by atoms with Crippen molar-refractivity contribution in [3.63, 3.8) is 0 Å². The number of hydrogen-bond acceptors (Lipinski definition) is 4. The Kier molecular flexibility index (Phi) is 2.69. The van der Waals surface area contributed by atoms with Crippen molar-refractivity contribution in [3.8, 4) is 0 Å². The van der Waals surface area contributed by atoms with Crippen molar-refractivity contribution in [3.05, 3.63) is 18.6 Å². The van der Waals surface area contributed by atoms with E-state index in [0.29, 0.717) is 5.82 Å². The number of amides is 1. The van der Waals surface area contributed by atoms with Crippen molar-refractivity contribution < 1.29 is 4.79 Å². The van der Waals surface area contributed by atoms with Crippen molar-refractivity contribution >= 4 is 11.7 Å². The van der Waals surface area contributed by atoms with E-state index in [2.05, 4.69) is 20.6 Å². The Morgan fingerprint density at radius 1 is 1.57 bits per heavy atom. The molecule has 1 aliphatic heterocycles. The van der Waals surface area contributed by atoms with Crippen molar-refractivity contribution in [2.45, 2.75) is 18.9 Å². The van der Waals surface area contributed by atoms with Crippen LogP contribution in [0.15, 0.2) is 18.6 Å². The molecule has 0 spiro atoms. The monoisotopic (exact) mass is 192 g/mol. The van der Waals surface area contributed by atoms with Gasteiger partial charge in [-0.25, -0.2) is 4.98 Å². The summed E-state index contributed by atoms with van der Waals surface area (Å²) in [4.78, 5) is 19.4. The first kappa shape index (κ1) is 9.08. The van der Waals surface area contributed by atoms with Gasteiger partial charge in [-0.15, -0.1) is 0 Å². The SMILES string of the molecule is O=C(Nc1cnccn1)[C@H]1CCCN1. The van der Waals surface area contributed by atoms with Crippen LogP contribution in [0.4, 0.5) is 5.82 Å². The van der Waals surface area contributed by atoms with E-state index in [9.17, 15) is 4.79 Å². The van der Waals surface area contributed by atoms with Crippen LogP contribution in [-0.4, -0.2) is 28.5 Å². The number of nitrogens with zero attached hydrogens (tertiary/aromatic N) is 2. The second kappa shape index (κ2) is 4.15. The smallest absolute Gasteiger partial charge is 0.242 e. The largest absolute Gasteiger partial charge is 0.308 e. The summed E-state index contributed by atoms with van der Waals surface area (Å²) in [6, 6.07) is -0.0722. The Morgan fingerprint density at radius 2 is 2.50 bits per heavy atom. The minimum Gasteiger partial charge on any atom is -0.308 e. The summed E-state index contributed by atoms with van der Waals surface area (Å²) in [5.41, 5.74) is 0. The number of carbonyl (C=O) groups is 1.